The molecule has 0 bridgehead atoms. The minimum atomic E-state index is -0.301. The van der Waals surface area contributed by atoms with Crippen LogP contribution < -0.4 is 10.1 Å². The molecule has 2 nitrogen and oxygen atoms in total. The second-order valence-electron chi connectivity index (χ2n) is 4.61. The van der Waals surface area contributed by atoms with Crippen molar-refractivity contribution in [2.75, 3.05) is 18.5 Å². The molecule has 0 aliphatic heterocycles. The number of nitrogens with one attached hydrogen (secondary N) is 1. The first kappa shape index (κ1) is 12.9. The first-order valence-electron chi connectivity index (χ1n) is 6.61. The summed E-state index contributed by atoms with van der Waals surface area (Å²) >= 11 is 0. The van der Waals surface area contributed by atoms with Crippen LogP contribution in [0.25, 0.3) is 0 Å². The van der Waals surface area contributed by atoms with E-state index in [9.17, 15) is 4.39 Å². The van der Waals surface area contributed by atoms with Gasteiger partial charge in [-0.25, -0.2) is 4.39 Å². The van der Waals surface area contributed by atoms with Crippen LogP contribution in [-0.4, -0.2) is 13.2 Å². The number of ether oxygens (including phenoxy) is 1. The van der Waals surface area contributed by atoms with Crippen LogP contribution in [0.3, 0.4) is 0 Å². The molecule has 1 aromatic rings. The van der Waals surface area contributed by atoms with Gasteiger partial charge in [-0.05, 0) is 44.2 Å². The molecule has 0 saturated heterocycles. The first-order chi connectivity index (χ1) is 8.79. The predicted molar refractivity (Wildman–Crippen MR) is 72.5 cm³/mol. The van der Waals surface area contributed by atoms with Gasteiger partial charge in [-0.2, -0.15) is 0 Å². The maximum atomic E-state index is 13.6. The lowest BCUT2D eigenvalue weighted by atomic mass is 9.94. The average Bonchev–Trinajstić information content (AvgIpc) is 2.41. The molecule has 0 radical (unpaired) electrons. The molecule has 1 unspecified atom stereocenters. The van der Waals surface area contributed by atoms with E-state index in [1.807, 2.05) is 13.0 Å². The average molecular weight is 249 g/mol. The fraction of sp³-hybridized carbons (Fsp3) is 0.467. The summed E-state index contributed by atoms with van der Waals surface area (Å²) in [6.07, 6.45) is 7.95. The molecule has 1 aromatic carbocycles. The molecule has 1 N–H and O–H groups in total. The van der Waals surface area contributed by atoms with Crippen LogP contribution in [0.2, 0.25) is 0 Å². The maximum absolute atomic E-state index is 13.6. The lowest BCUT2D eigenvalue weighted by molar-refractivity contribution is 0.321. The van der Waals surface area contributed by atoms with Gasteiger partial charge in [-0.1, -0.05) is 12.2 Å². The molecule has 2 rings (SSSR count). The summed E-state index contributed by atoms with van der Waals surface area (Å²) in [6.45, 7) is 3.23. The standard InChI is InChI=1S/C15H20FNO/c1-2-18-15-9-8-13(10-14(15)16)17-11-12-6-4-3-5-7-12/h3-4,8-10,12,17H,2,5-7,11H2,1H3. The van der Waals surface area contributed by atoms with E-state index in [1.165, 1.54) is 12.5 Å². The van der Waals surface area contributed by atoms with Crippen LogP contribution in [-0.2, 0) is 0 Å². The van der Waals surface area contributed by atoms with Crippen molar-refractivity contribution in [1.29, 1.82) is 0 Å². The molecule has 0 saturated carbocycles. The van der Waals surface area contributed by atoms with Gasteiger partial charge in [0.2, 0.25) is 0 Å². The first-order valence-corrected chi connectivity index (χ1v) is 6.61. The molecule has 1 atom stereocenters. The number of halogens is 1. The molecular formula is C15H20FNO. The van der Waals surface area contributed by atoms with E-state index in [2.05, 4.69) is 17.5 Å². The Labute approximate surface area is 108 Å². The lowest BCUT2D eigenvalue weighted by Crippen LogP contribution is -2.15. The molecule has 1 aliphatic carbocycles. The summed E-state index contributed by atoms with van der Waals surface area (Å²) in [5, 5.41) is 3.30. The van der Waals surface area contributed by atoms with E-state index in [4.69, 9.17) is 4.74 Å². The van der Waals surface area contributed by atoms with Gasteiger partial charge in [0.25, 0.3) is 0 Å². The third-order valence-corrected chi connectivity index (χ3v) is 3.20. The zero-order chi connectivity index (χ0) is 12.8. The predicted octanol–water partition coefficient (Wildman–Crippen LogP) is 3.99. The quantitative estimate of drug-likeness (QED) is 0.797. The van der Waals surface area contributed by atoms with Crippen molar-refractivity contribution in [1.82, 2.24) is 0 Å². The molecule has 0 aromatic heterocycles. The van der Waals surface area contributed by atoms with E-state index in [0.717, 1.165) is 25.1 Å². The number of anilines is 1. The zero-order valence-electron chi connectivity index (χ0n) is 10.8. The summed E-state index contributed by atoms with van der Waals surface area (Å²) in [4.78, 5) is 0. The van der Waals surface area contributed by atoms with Crippen LogP contribution in [0, 0.1) is 11.7 Å². The van der Waals surface area contributed by atoms with Gasteiger partial charge < -0.3 is 10.1 Å². The maximum Gasteiger partial charge on any atom is 0.167 e. The molecular weight excluding hydrogens is 229 g/mol. The SMILES string of the molecule is CCOc1ccc(NCC2CC=CCC2)cc1F. The third kappa shape index (κ3) is 3.49. The number of rotatable bonds is 5. The van der Waals surface area contributed by atoms with E-state index < -0.39 is 0 Å². The highest BCUT2D eigenvalue weighted by molar-refractivity contribution is 5.47. The van der Waals surface area contributed by atoms with Crippen molar-refractivity contribution in [2.24, 2.45) is 5.92 Å². The van der Waals surface area contributed by atoms with Gasteiger partial charge in [0.05, 0.1) is 6.61 Å². The minimum absolute atomic E-state index is 0.301. The highest BCUT2D eigenvalue weighted by Gasteiger charge is 2.10. The summed E-state index contributed by atoms with van der Waals surface area (Å²) in [5.41, 5.74) is 0.825. The Morgan fingerprint density at radius 3 is 2.94 bits per heavy atom. The number of benzene rings is 1. The zero-order valence-corrected chi connectivity index (χ0v) is 10.8. The number of allylic oxidation sites excluding steroid dienone is 2. The molecule has 0 heterocycles. The van der Waals surface area contributed by atoms with Crippen LogP contribution in [0.1, 0.15) is 26.2 Å². The fourth-order valence-corrected chi connectivity index (χ4v) is 2.19. The molecule has 98 valence electrons. The van der Waals surface area contributed by atoms with Crippen molar-refractivity contribution in [3.05, 3.63) is 36.2 Å². The second kappa shape index (κ2) is 6.43. The van der Waals surface area contributed by atoms with Crippen LogP contribution in [0.5, 0.6) is 5.75 Å². The Balaban J connectivity index is 1.89. The van der Waals surface area contributed by atoms with E-state index >= 15 is 0 Å². The van der Waals surface area contributed by atoms with Gasteiger partial charge in [0, 0.05) is 18.3 Å². The fourth-order valence-electron chi connectivity index (χ4n) is 2.19. The Morgan fingerprint density at radius 2 is 2.28 bits per heavy atom. The molecule has 3 heteroatoms. The monoisotopic (exact) mass is 249 g/mol. The highest BCUT2D eigenvalue weighted by atomic mass is 19.1. The van der Waals surface area contributed by atoms with E-state index in [-0.39, 0.29) is 5.82 Å². The molecule has 0 amide bonds. The van der Waals surface area contributed by atoms with Gasteiger partial charge in [-0.15, -0.1) is 0 Å². The normalized spacial score (nSPS) is 18.7. The minimum Gasteiger partial charge on any atom is -0.491 e. The van der Waals surface area contributed by atoms with Crippen LogP contribution >= 0.6 is 0 Å². The van der Waals surface area contributed by atoms with Gasteiger partial charge in [0.15, 0.2) is 11.6 Å². The molecule has 1 aliphatic rings. The van der Waals surface area contributed by atoms with Crippen LogP contribution in [0.4, 0.5) is 10.1 Å². The van der Waals surface area contributed by atoms with Crippen molar-refractivity contribution >= 4 is 5.69 Å². The molecule has 18 heavy (non-hydrogen) atoms. The van der Waals surface area contributed by atoms with Gasteiger partial charge >= 0.3 is 0 Å². The third-order valence-electron chi connectivity index (χ3n) is 3.20. The van der Waals surface area contributed by atoms with Gasteiger partial charge in [-0.3, -0.25) is 0 Å². The molecule has 0 fully saturated rings. The summed E-state index contributed by atoms with van der Waals surface area (Å²) < 4.78 is 18.8. The lowest BCUT2D eigenvalue weighted by Gasteiger charge is -2.19. The second-order valence-corrected chi connectivity index (χ2v) is 4.61. The van der Waals surface area contributed by atoms with Gasteiger partial charge in [0.1, 0.15) is 0 Å². The topological polar surface area (TPSA) is 21.3 Å². The summed E-state index contributed by atoms with van der Waals surface area (Å²) in [7, 11) is 0. The number of hydrogen-bond donors (Lipinski definition) is 1. The summed E-state index contributed by atoms with van der Waals surface area (Å²) in [5.74, 6) is 0.679. The number of hydrogen-bond acceptors (Lipinski definition) is 2. The Kier molecular flexibility index (Phi) is 4.62. The molecule has 0 spiro atoms. The van der Waals surface area contributed by atoms with Crippen molar-refractivity contribution < 1.29 is 9.13 Å². The van der Waals surface area contributed by atoms with Crippen molar-refractivity contribution in [2.45, 2.75) is 26.2 Å². The Bertz CT molecular complexity index is 417. The Hall–Kier alpha value is -1.51. The van der Waals surface area contributed by atoms with Crippen molar-refractivity contribution in [3.63, 3.8) is 0 Å². The van der Waals surface area contributed by atoms with Crippen LogP contribution in [0.15, 0.2) is 30.4 Å². The van der Waals surface area contributed by atoms with E-state index in [0.29, 0.717) is 18.3 Å². The smallest absolute Gasteiger partial charge is 0.167 e. The van der Waals surface area contributed by atoms with Crippen molar-refractivity contribution in [3.8, 4) is 5.75 Å². The largest absolute Gasteiger partial charge is 0.491 e. The highest BCUT2D eigenvalue weighted by Crippen LogP contribution is 2.23. The van der Waals surface area contributed by atoms with E-state index in [1.54, 1.807) is 6.07 Å². The summed E-state index contributed by atoms with van der Waals surface area (Å²) in [6, 6.07) is 5.05. The Morgan fingerprint density at radius 1 is 1.39 bits per heavy atom.